The number of nitro benzene ring substituents is 1. The summed E-state index contributed by atoms with van der Waals surface area (Å²) >= 11 is 0. The fourth-order valence-corrected chi connectivity index (χ4v) is 3.42. The Bertz CT molecular complexity index is 854. The van der Waals surface area contributed by atoms with Crippen LogP contribution in [-0.2, 0) is 19.1 Å². The summed E-state index contributed by atoms with van der Waals surface area (Å²) in [7, 11) is 1.26. The molecule has 1 aliphatic carbocycles. The van der Waals surface area contributed by atoms with Gasteiger partial charge in [0.05, 0.1) is 23.6 Å². The lowest BCUT2D eigenvalue weighted by Crippen LogP contribution is -2.51. The van der Waals surface area contributed by atoms with E-state index in [1.54, 1.807) is 6.08 Å². The molecule has 2 aliphatic rings. The molecule has 1 saturated carbocycles. The Kier molecular flexibility index (Phi) is 5.64. The normalized spacial score (nSPS) is 27.6. The molecule has 154 valence electrons. The molecule has 3 rings (SSSR count). The highest BCUT2D eigenvalue weighted by molar-refractivity contribution is 5.94. The predicted molar refractivity (Wildman–Crippen MR) is 99.9 cm³/mol. The largest absolute Gasteiger partial charge is 0.467 e. The molecule has 2 fully saturated rings. The fourth-order valence-electron chi connectivity index (χ4n) is 3.42. The number of methoxy groups -OCH3 is 1. The van der Waals surface area contributed by atoms with Gasteiger partial charge in [0.2, 0.25) is 5.91 Å². The van der Waals surface area contributed by atoms with Crippen LogP contribution in [0.3, 0.4) is 0 Å². The zero-order valence-electron chi connectivity index (χ0n) is 15.8. The molecule has 1 saturated heterocycles. The second-order valence-corrected chi connectivity index (χ2v) is 7.03. The molecule has 1 aliphatic heterocycles. The standard InChI is InChI=1S/C19H21N3O7/c1-3-12-9-19(12,18(25)28-2)21-16(23)15-8-14(10-20-15)29-17(24)11-4-6-13(7-5-11)22(26)27/h3-7,12,14-15,20H,1,8-10H2,2H3,(H,21,23)/t12-,14?,15+,19-/m1/s1. The molecule has 10 nitrogen and oxygen atoms in total. The number of hydrogen-bond acceptors (Lipinski definition) is 8. The van der Waals surface area contributed by atoms with E-state index < -0.39 is 34.5 Å². The van der Waals surface area contributed by atoms with Crippen LogP contribution in [0.5, 0.6) is 0 Å². The van der Waals surface area contributed by atoms with E-state index in [4.69, 9.17) is 9.47 Å². The van der Waals surface area contributed by atoms with Gasteiger partial charge >= 0.3 is 11.9 Å². The van der Waals surface area contributed by atoms with Gasteiger partial charge < -0.3 is 20.1 Å². The molecule has 1 heterocycles. The van der Waals surface area contributed by atoms with E-state index in [1.165, 1.54) is 31.4 Å². The fraction of sp³-hybridized carbons (Fsp3) is 0.421. The first-order valence-corrected chi connectivity index (χ1v) is 9.02. The van der Waals surface area contributed by atoms with Gasteiger partial charge in [-0.05, 0) is 18.6 Å². The van der Waals surface area contributed by atoms with Crippen molar-refractivity contribution in [3.63, 3.8) is 0 Å². The summed E-state index contributed by atoms with van der Waals surface area (Å²) in [5, 5.41) is 16.4. The van der Waals surface area contributed by atoms with Gasteiger partial charge in [-0.1, -0.05) is 6.08 Å². The molecule has 10 heteroatoms. The lowest BCUT2D eigenvalue weighted by atomic mass is 10.1. The third-order valence-electron chi connectivity index (χ3n) is 5.19. The van der Waals surface area contributed by atoms with Crippen molar-refractivity contribution < 1.29 is 28.8 Å². The molecule has 0 spiro atoms. The van der Waals surface area contributed by atoms with E-state index in [2.05, 4.69) is 17.2 Å². The van der Waals surface area contributed by atoms with E-state index in [-0.39, 0.29) is 36.0 Å². The highest BCUT2D eigenvalue weighted by Crippen LogP contribution is 2.45. The summed E-state index contributed by atoms with van der Waals surface area (Å²) in [6, 6.07) is 4.44. The molecule has 0 aromatic heterocycles. The summed E-state index contributed by atoms with van der Waals surface area (Å²) in [4.78, 5) is 46.9. The van der Waals surface area contributed by atoms with Crippen LogP contribution < -0.4 is 10.6 Å². The van der Waals surface area contributed by atoms with E-state index in [9.17, 15) is 24.5 Å². The van der Waals surface area contributed by atoms with Gasteiger partial charge in [-0.15, -0.1) is 6.58 Å². The number of esters is 2. The quantitative estimate of drug-likeness (QED) is 0.294. The number of hydrogen-bond donors (Lipinski definition) is 2. The third-order valence-corrected chi connectivity index (χ3v) is 5.19. The van der Waals surface area contributed by atoms with Gasteiger partial charge in [0.15, 0.2) is 0 Å². The Balaban J connectivity index is 1.55. The van der Waals surface area contributed by atoms with Crippen molar-refractivity contribution in [2.45, 2.75) is 30.5 Å². The molecule has 2 N–H and O–H groups in total. The summed E-state index contributed by atoms with van der Waals surface area (Å²) in [5.74, 6) is -1.72. The molecular weight excluding hydrogens is 382 g/mol. The highest BCUT2D eigenvalue weighted by Gasteiger charge is 2.61. The summed E-state index contributed by atoms with van der Waals surface area (Å²) in [5.41, 5.74) is -1.03. The van der Waals surface area contributed by atoms with Crippen LogP contribution in [0.25, 0.3) is 0 Å². The molecule has 0 bridgehead atoms. The van der Waals surface area contributed by atoms with E-state index in [0.717, 1.165) is 0 Å². The molecule has 1 amide bonds. The number of nitrogens with one attached hydrogen (secondary N) is 2. The molecule has 29 heavy (non-hydrogen) atoms. The Morgan fingerprint density at radius 2 is 2.03 bits per heavy atom. The van der Waals surface area contributed by atoms with Gasteiger partial charge in [-0.3, -0.25) is 14.9 Å². The Labute approximate surface area is 166 Å². The van der Waals surface area contributed by atoms with Gasteiger partial charge in [0.1, 0.15) is 11.6 Å². The first kappa shape index (κ1) is 20.5. The first-order valence-electron chi connectivity index (χ1n) is 9.02. The maximum absolute atomic E-state index is 12.6. The van der Waals surface area contributed by atoms with Gasteiger partial charge in [0, 0.05) is 31.0 Å². The van der Waals surface area contributed by atoms with Crippen molar-refractivity contribution in [3.8, 4) is 0 Å². The van der Waals surface area contributed by atoms with Crippen molar-refractivity contribution in [1.29, 1.82) is 0 Å². The Morgan fingerprint density at radius 3 is 2.59 bits per heavy atom. The Hall–Kier alpha value is -3.27. The third kappa shape index (κ3) is 4.11. The van der Waals surface area contributed by atoms with Crippen LogP contribution in [0, 0.1) is 16.0 Å². The average molecular weight is 403 g/mol. The second kappa shape index (κ2) is 8.00. The number of carbonyl (C=O) groups excluding carboxylic acids is 3. The van der Waals surface area contributed by atoms with Crippen LogP contribution in [0.2, 0.25) is 0 Å². The molecule has 1 aromatic rings. The van der Waals surface area contributed by atoms with E-state index in [1.807, 2.05) is 0 Å². The zero-order valence-corrected chi connectivity index (χ0v) is 15.8. The molecule has 4 atom stereocenters. The minimum absolute atomic E-state index is 0.127. The van der Waals surface area contributed by atoms with Crippen molar-refractivity contribution in [3.05, 3.63) is 52.6 Å². The topological polar surface area (TPSA) is 137 Å². The van der Waals surface area contributed by atoms with Crippen molar-refractivity contribution in [2.24, 2.45) is 5.92 Å². The minimum atomic E-state index is -1.08. The number of nitro groups is 1. The SMILES string of the molecule is C=C[C@@H]1C[C@]1(NC(=O)[C@@H]1CC(OC(=O)c2ccc([N+](=O)[O-])cc2)CN1)C(=O)OC. The smallest absolute Gasteiger partial charge is 0.338 e. The zero-order chi connectivity index (χ0) is 21.2. The average Bonchev–Trinajstić information content (AvgIpc) is 3.23. The van der Waals surface area contributed by atoms with Crippen molar-refractivity contribution in [2.75, 3.05) is 13.7 Å². The predicted octanol–water partition coefficient (Wildman–Crippen LogP) is 0.716. The van der Waals surface area contributed by atoms with Crippen molar-refractivity contribution in [1.82, 2.24) is 10.6 Å². The molecule has 1 aromatic carbocycles. The number of non-ortho nitro benzene ring substituents is 1. The lowest BCUT2D eigenvalue weighted by Gasteiger charge is -2.19. The summed E-state index contributed by atoms with van der Waals surface area (Å²) < 4.78 is 10.2. The number of nitrogens with zero attached hydrogens (tertiary/aromatic N) is 1. The number of amides is 1. The minimum Gasteiger partial charge on any atom is -0.467 e. The number of rotatable bonds is 7. The van der Waals surface area contributed by atoms with Crippen LogP contribution in [0.15, 0.2) is 36.9 Å². The highest BCUT2D eigenvalue weighted by atomic mass is 16.6. The second-order valence-electron chi connectivity index (χ2n) is 7.03. The van der Waals surface area contributed by atoms with E-state index in [0.29, 0.717) is 6.42 Å². The first-order chi connectivity index (χ1) is 13.8. The van der Waals surface area contributed by atoms with Crippen molar-refractivity contribution >= 4 is 23.5 Å². The monoisotopic (exact) mass is 403 g/mol. The number of benzene rings is 1. The van der Waals surface area contributed by atoms with E-state index >= 15 is 0 Å². The lowest BCUT2D eigenvalue weighted by molar-refractivity contribution is -0.384. The molecule has 1 unspecified atom stereocenters. The van der Waals surface area contributed by atoms with Crippen LogP contribution in [0.1, 0.15) is 23.2 Å². The van der Waals surface area contributed by atoms with Crippen LogP contribution >= 0.6 is 0 Å². The van der Waals surface area contributed by atoms with Gasteiger partial charge in [-0.25, -0.2) is 9.59 Å². The molecular formula is C19H21N3O7. The number of carbonyl (C=O) groups is 3. The number of ether oxygens (including phenoxy) is 2. The summed E-state index contributed by atoms with van der Waals surface area (Å²) in [6.45, 7) is 3.93. The molecule has 0 radical (unpaired) electrons. The Morgan fingerprint density at radius 1 is 1.34 bits per heavy atom. The van der Waals surface area contributed by atoms with Crippen LogP contribution in [-0.4, -0.2) is 54.1 Å². The van der Waals surface area contributed by atoms with Gasteiger partial charge in [-0.2, -0.15) is 0 Å². The maximum atomic E-state index is 12.6. The maximum Gasteiger partial charge on any atom is 0.338 e. The van der Waals surface area contributed by atoms with Gasteiger partial charge in [0.25, 0.3) is 5.69 Å². The van der Waals surface area contributed by atoms with Crippen LogP contribution in [0.4, 0.5) is 5.69 Å². The summed E-state index contributed by atoms with van der Waals surface area (Å²) in [6.07, 6.45) is 1.73.